The number of benzene rings is 3. The van der Waals surface area contributed by atoms with E-state index in [2.05, 4.69) is 114 Å². The lowest BCUT2D eigenvalue weighted by Gasteiger charge is -2.16. The van der Waals surface area contributed by atoms with E-state index in [-0.39, 0.29) is 0 Å². The average Bonchev–Trinajstić information content (AvgIpc) is 3.00. The summed E-state index contributed by atoms with van der Waals surface area (Å²) in [6, 6.07) is 26.8. The molecule has 1 unspecified atom stereocenters. The van der Waals surface area contributed by atoms with Crippen LogP contribution < -0.4 is 0 Å². The normalized spacial score (nSPS) is 17.3. The Hall–Kier alpha value is -3.58. The third-order valence-electron chi connectivity index (χ3n) is 7.08. The first-order valence-electron chi connectivity index (χ1n) is 12.2. The van der Waals surface area contributed by atoms with E-state index in [1.807, 2.05) is 0 Å². The summed E-state index contributed by atoms with van der Waals surface area (Å²) in [5, 5.41) is 1.43. The van der Waals surface area contributed by atoms with Crippen molar-refractivity contribution in [2.24, 2.45) is 5.92 Å². The highest BCUT2D eigenvalue weighted by Gasteiger charge is 2.21. The number of rotatable bonds is 4. The molecule has 0 saturated heterocycles. The van der Waals surface area contributed by atoms with Gasteiger partial charge in [-0.05, 0) is 66.5 Å². The van der Waals surface area contributed by atoms with Gasteiger partial charge >= 0.3 is 0 Å². The number of aryl methyl sites for hydroxylation is 1. The highest BCUT2D eigenvalue weighted by molar-refractivity contribution is 5.90. The Morgan fingerprint density at radius 1 is 0.818 bits per heavy atom. The molecule has 1 heteroatoms. The van der Waals surface area contributed by atoms with Crippen LogP contribution in [-0.2, 0) is 19.3 Å². The maximum atomic E-state index is 2.54. The SMILES string of the molecule is C1=CCC(Cc2ccc3c(c2)c2c(n3-c3ccccc3-c3ccccc3)CC=CCC2)C=C1. The van der Waals surface area contributed by atoms with Gasteiger partial charge in [0.05, 0.1) is 11.2 Å². The molecule has 0 saturated carbocycles. The minimum atomic E-state index is 0.605. The van der Waals surface area contributed by atoms with Crippen LogP contribution in [0.2, 0.25) is 0 Å². The molecule has 0 aliphatic heterocycles. The lowest BCUT2D eigenvalue weighted by molar-refractivity contribution is 0.654. The molecule has 0 N–H and O–H groups in total. The van der Waals surface area contributed by atoms with Crippen LogP contribution in [0.15, 0.2) is 109 Å². The van der Waals surface area contributed by atoms with Gasteiger partial charge in [0.15, 0.2) is 0 Å². The zero-order valence-electron chi connectivity index (χ0n) is 19.0. The summed E-state index contributed by atoms with van der Waals surface area (Å²) in [6.45, 7) is 0. The summed E-state index contributed by atoms with van der Waals surface area (Å²) in [6.07, 6.45) is 19.2. The van der Waals surface area contributed by atoms with Crippen LogP contribution >= 0.6 is 0 Å². The third kappa shape index (κ3) is 3.78. The van der Waals surface area contributed by atoms with Crippen LogP contribution in [0.1, 0.15) is 29.7 Å². The fraction of sp³-hybridized carbons (Fsp3) is 0.188. The molecule has 3 aromatic carbocycles. The van der Waals surface area contributed by atoms with E-state index < -0.39 is 0 Å². The molecule has 33 heavy (non-hydrogen) atoms. The number of hydrogen-bond donors (Lipinski definition) is 0. The van der Waals surface area contributed by atoms with Crippen molar-refractivity contribution in [1.29, 1.82) is 0 Å². The molecule has 4 aromatic rings. The fourth-order valence-electron chi connectivity index (χ4n) is 5.51. The predicted octanol–water partition coefficient (Wildman–Crippen LogP) is 8.02. The summed E-state index contributed by atoms with van der Waals surface area (Å²) in [7, 11) is 0. The van der Waals surface area contributed by atoms with Crippen molar-refractivity contribution < 1.29 is 0 Å². The van der Waals surface area contributed by atoms with Gasteiger partial charge in [0.2, 0.25) is 0 Å². The Kier molecular flexibility index (Phi) is 5.32. The van der Waals surface area contributed by atoms with E-state index in [0.717, 1.165) is 32.1 Å². The van der Waals surface area contributed by atoms with Gasteiger partial charge in [-0.2, -0.15) is 0 Å². The summed E-state index contributed by atoms with van der Waals surface area (Å²) in [4.78, 5) is 0. The molecule has 0 fully saturated rings. The topological polar surface area (TPSA) is 4.93 Å². The quantitative estimate of drug-likeness (QED) is 0.291. The van der Waals surface area contributed by atoms with Gasteiger partial charge < -0.3 is 4.57 Å². The lowest BCUT2D eigenvalue weighted by atomic mass is 9.92. The monoisotopic (exact) mass is 427 g/mol. The summed E-state index contributed by atoms with van der Waals surface area (Å²) < 4.78 is 2.54. The maximum absolute atomic E-state index is 2.54. The third-order valence-corrected chi connectivity index (χ3v) is 7.08. The molecule has 0 radical (unpaired) electrons. The Morgan fingerprint density at radius 2 is 1.70 bits per heavy atom. The summed E-state index contributed by atoms with van der Waals surface area (Å²) in [5.41, 5.74) is 9.58. The van der Waals surface area contributed by atoms with Gasteiger partial charge in [-0.1, -0.05) is 91.1 Å². The van der Waals surface area contributed by atoms with Gasteiger partial charge in [0.25, 0.3) is 0 Å². The van der Waals surface area contributed by atoms with E-state index in [1.54, 1.807) is 0 Å². The molecule has 0 bridgehead atoms. The number of allylic oxidation sites excluding steroid dienone is 6. The summed E-state index contributed by atoms with van der Waals surface area (Å²) in [5.74, 6) is 0.605. The zero-order valence-corrected chi connectivity index (χ0v) is 19.0. The first-order chi connectivity index (χ1) is 16.4. The Balaban J connectivity index is 1.53. The van der Waals surface area contributed by atoms with Crippen molar-refractivity contribution in [3.8, 4) is 16.8 Å². The molecule has 2 aliphatic rings. The smallest absolute Gasteiger partial charge is 0.0537 e. The van der Waals surface area contributed by atoms with E-state index in [1.165, 1.54) is 44.5 Å². The number of aromatic nitrogens is 1. The minimum Gasteiger partial charge on any atom is -0.312 e. The van der Waals surface area contributed by atoms with Crippen LogP contribution in [-0.4, -0.2) is 4.57 Å². The minimum absolute atomic E-state index is 0.605. The standard InChI is InChI=1S/C32H29N/c1-4-12-24(13-5-1)22-25-20-21-32-29(23-25)28-17-8-3-9-18-31(28)33(32)30-19-11-10-16-27(30)26-14-6-2-7-15-26/h1-7,9-12,14-16,19-21,23-24H,8,13,17-18,22H2. The van der Waals surface area contributed by atoms with Gasteiger partial charge in [0, 0.05) is 23.1 Å². The number of fused-ring (bicyclic) bond motifs is 3. The number of nitrogens with zero attached hydrogens (tertiary/aromatic N) is 1. The Labute approximate surface area is 196 Å². The van der Waals surface area contributed by atoms with E-state index in [0.29, 0.717) is 5.92 Å². The van der Waals surface area contributed by atoms with Crippen LogP contribution in [0.25, 0.3) is 27.7 Å². The summed E-state index contributed by atoms with van der Waals surface area (Å²) >= 11 is 0. The highest BCUT2D eigenvalue weighted by Crippen LogP contribution is 2.37. The molecule has 0 spiro atoms. The number of hydrogen-bond acceptors (Lipinski definition) is 0. The maximum Gasteiger partial charge on any atom is 0.0537 e. The number of para-hydroxylation sites is 1. The molecular formula is C32H29N. The predicted molar refractivity (Wildman–Crippen MR) is 140 cm³/mol. The highest BCUT2D eigenvalue weighted by atomic mass is 15.0. The van der Waals surface area contributed by atoms with Crippen molar-refractivity contribution in [2.45, 2.75) is 32.1 Å². The van der Waals surface area contributed by atoms with Gasteiger partial charge in [-0.25, -0.2) is 0 Å². The van der Waals surface area contributed by atoms with Crippen LogP contribution in [0.3, 0.4) is 0 Å². The van der Waals surface area contributed by atoms with E-state index in [9.17, 15) is 0 Å². The van der Waals surface area contributed by atoms with E-state index in [4.69, 9.17) is 0 Å². The van der Waals surface area contributed by atoms with Crippen molar-refractivity contribution in [3.63, 3.8) is 0 Å². The first kappa shape index (κ1) is 20.1. The van der Waals surface area contributed by atoms with Gasteiger partial charge in [-0.3, -0.25) is 0 Å². The van der Waals surface area contributed by atoms with Crippen molar-refractivity contribution >= 4 is 10.9 Å². The second-order valence-electron chi connectivity index (χ2n) is 9.22. The molecule has 1 aromatic heterocycles. The van der Waals surface area contributed by atoms with Crippen LogP contribution in [0.5, 0.6) is 0 Å². The lowest BCUT2D eigenvalue weighted by Crippen LogP contribution is -2.03. The van der Waals surface area contributed by atoms with Gasteiger partial charge in [0.1, 0.15) is 0 Å². The fourth-order valence-corrected chi connectivity index (χ4v) is 5.51. The molecule has 2 aliphatic carbocycles. The molecule has 1 atom stereocenters. The second-order valence-corrected chi connectivity index (χ2v) is 9.22. The Bertz CT molecular complexity index is 1380. The average molecular weight is 428 g/mol. The van der Waals surface area contributed by atoms with Gasteiger partial charge in [-0.15, -0.1) is 0 Å². The van der Waals surface area contributed by atoms with Crippen LogP contribution in [0, 0.1) is 5.92 Å². The molecule has 1 heterocycles. The zero-order chi connectivity index (χ0) is 22.0. The van der Waals surface area contributed by atoms with Crippen molar-refractivity contribution in [1.82, 2.24) is 4.57 Å². The largest absolute Gasteiger partial charge is 0.312 e. The molecular weight excluding hydrogens is 398 g/mol. The molecule has 1 nitrogen and oxygen atoms in total. The second kappa shape index (κ2) is 8.75. The Morgan fingerprint density at radius 3 is 2.58 bits per heavy atom. The van der Waals surface area contributed by atoms with Crippen molar-refractivity contribution in [2.75, 3.05) is 0 Å². The van der Waals surface area contributed by atoms with Crippen molar-refractivity contribution in [3.05, 3.63) is 126 Å². The van der Waals surface area contributed by atoms with Crippen LogP contribution in [0.4, 0.5) is 0 Å². The first-order valence-corrected chi connectivity index (χ1v) is 12.2. The molecule has 6 rings (SSSR count). The molecule has 162 valence electrons. The molecule has 0 amide bonds. The van der Waals surface area contributed by atoms with E-state index >= 15 is 0 Å².